The molecule has 0 saturated carbocycles. The van der Waals surface area contributed by atoms with Crippen molar-refractivity contribution in [2.45, 2.75) is 6.10 Å². The van der Waals surface area contributed by atoms with Crippen molar-refractivity contribution in [1.82, 2.24) is 0 Å². The van der Waals surface area contributed by atoms with Crippen molar-refractivity contribution in [2.75, 3.05) is 7.11 Å². The Morgan fingerprint density at radius 3 is 2.58 bits per heavy atom. The van der Waals surface area contributed by atoms with Gasteiger partial charge < -0.3 is 9.84 Å². The highest BCUT2D eigenvalue weighted by molar-refractivity contribution is 6.30. The highest BCUT2D eigenvalue weighted by atomic mass is 35.5. The number of hydrogen-bond donors (Lipinski definition) is 1. The van der Waals surface area contributed by atoms with Crippen molar-refractivity contribution in [3.8, 4) is 5.75 Å². The molecule has 2 rings (SSSR count). The van der Waals surface area contributed by atoms with Crippen LogP contribution in [0.4, 0.5) is 8.78 Å². The molecule has 1 atom stereocenters. The molecule has 0 aliphatic heterocycles. The molecule has 2 aromatic carbocycles. The van der Waals surface area contributed by atoms with Crippen LogP contribution in [0.2, 0.25) is 5.02 Å². The Morgan fingerprint density at radius 2 is 1.95 bits per heavy atom. The molecule has 0 radical (unpaired) electrons. The van der Waals surface area contributed by atoms with Crippen LogP contribution in [0.3, 0.4) is 0 Å². The second kappa shape index (κ2) is 5.55. The van der Waals surface area contributed by atoms with Gasteiger partial charge in [0.05, 0.1) is 7.11 Å². The number of benzene rings is 2. The smallest absolute Gasteiger partial charge is 0.171 e. The van der Waals surface area contributed by atoms with Gasteiger partial charge >= 0.3 is 0 Å². The summed E-state index contributed by atoms with van der Waals surface area (Å²) >= 11 is 5.71. The Labute approximate surface area is 114 Å². The van der Waals surface area contributed by atoms with Gasteiger partial charge in [-0.3, -0.25) is 0 Å². The Bertz CT molecular complexity index is 582. The predicted octanol–water partition coefficient (Wildman–Crippen LogP) is 3.71. The van der Waals surface area contributed by atoms with Gasteiger partial charge in [-0.2, -0.15) is 0 Å². The van der Waals surface area contributed by atoms with Gasteiger partial charge in [-0.15, -0.1) is 0 Å². The molecule has 2 nitrogen and oxygen atoms in total. The van der Waals surface area contributed by atoms with Gasteiger partial charge in [-0.25, -0.2) is 8.78 Å². The maximum absolute atomic E-state index is 14.0. The summed E-state index contributed by atoms with van der Waals surface area (Å²) in [5.41, 5.74) is 0.179. The van der Waals surface area contributed by atoms with E-state index in [1.54, 1.807) is 6.07 Å². The first-order valence-electron chi connectivity index (χ1n) is 5.49. The van der Waals surface area contributed by atoms with Gasteiger partial charge in [0.1, 0.15) is 11.9 Å². The zero-order chi connectivity index (χ0) is 14.0. The Hall–Kier alpha value is -1.65. The monoisotopic (exact) mass is 284 g/mol. The van der Waals surface area contributed by atoms with E-state index in [0.29, 0.717) is 0 Å². The third kappa shape index (κ3) is 2.85. The van der Waals surface area contributed by atoms with Crippen LogP contribution in [0.5, 0.6) is 5.75 Å². The maximum atomic E-state index is 14.0. The third-order valence-corrected chi connectivity index (χ3v) is 2.93. The molecule has 0 fully saturated rings. The highest BCUT2D eigenvalue weighted by Crippen LogP contribution is 2.30. The summed E-state index contributed by atoms with van der Waals surface area (Å²) in [4.78, 5) is 0. The van der Waals surface area contributed by atoms with Crippen molar-refractivity contribution < 1.29 is 18.6 Å². The van der Waals surface area contributed by atoms with Crippen molar-refractivity contribution in [3.63, 3.8) is 0 Å². The van der Waals surface area contributed by atoms with Gasteiger partial charge in [-0.05, 0) is 29.8 Å². The summed E-state index contributed by atoms with van der Waals surface area (Å²) in [7, 11) is 1.33. The molecular formula is C14H11ClF2O2. The minimum Gasteiger partial charge on any atom is -0.494 e. The first-order valence-corrected chi connectivity index (χ1v) is 5.87. The lowest BCUT2D eigenvalue weighted by atomic mass is 10.0. The van der Waals surface area contributed by atoms with Crippen LogP contribution in [-0.2, 0) is 0 Å². The fourth-order valence-corrected chi connectivity index (χ4v) is 2.04. The minimum absolute atomic E-state index is 0.000941. The fraction of sp³-hybridized carbons (Fsp3) is 0.143. The lowest BCUT2D eigenvalue weighted by Gasteiger charge is -2.14. The molecule has 0 aliphatic rings. The van der Waals surface area contributed by atoms with E-state index in [0.717, 1.165) is 12.1 Å². The molecule has 1 N–H and O–H groups in total. The topological polar surface area (TPSA) is 29.5 Å². The summed E-state index contributed by atoms with van der Waals surface area (Å²) in [5, 5.41) is 10.3. The zero-order valence-corrected chi connectivity index (χ0v) is 10.8. The molecule has 0 spiro atoms. The van der Waals surface area contributed by atoms with Gasteiger partial charge in [0.25, 0.3) is 0 Å². The molecule has 2 aromatic rings. The number of aliphatic hydroxyl groups excluding tert-OH is 1. The fourth-order valence-electron chi connectivity index (χ4n) is 1.81. The summed E-state index contributed by atoms with van der Waals surface area (Å²) in [6.45, 7) is 0. The first-order chi connectivity index (χ1) is 9.02. The summed E-state index contributed by atoms with van der Waals surface area (Å²) in [6.07, 6.45) is -1.32. The average Bonchev–Trinajstić information content (AvgIpc) is 2.37. The highest BCUT2D eigenvalue weighted by Gasteiger charge is 2.18. The second-order valence-corrected chi connectivity index (χ2v) is 4.41. The molecule has 0 aliphatic carbocycles. The number of hydrogen-bond acceptors (Lipinski definition) is 2. The van der Waals surface area contributed by atoms with E-state index in [-0.39, 0.29) is 21.9 Å². The first kappa shape index (κ1) is 13.8. The average molecular weight is 285 g/mol. The van der Waals surface area contributed by atoms with Crippen molar-refractivity contribution in [1.29, 1.82) is 0 Å². The molecule has 1 unspecified atom stereocenters. The summed E-state index contributed by atoms with van der Waals surface area (Å²) in [6, 6.07) is 7.98. The molecule has 0 amide bonds. The SMILES string of the molecule is COc1cccc(C(O)c2cc(F)cc(Cl)c2)c1F. The van der Waals surface area contributed by atoms with Gasteiger partial charge in [0.2, 0.25) is 0 Å². The molecule has 5 heteroatoms. The number of rotatable bonds is 3. The molecule has 0 bridgehead atoms. The molecular weight excluding hydrogens is 274 g/mol. The van der Waals surface area contributed by atoms with Gasteiger partial charge in [0, 0.05) is 10.6 Å². The number of halogens is 3. The van der Waals surface area contributed by atoms with Crippen LogP contribution in [0.1, 0.15) is 17.2 Å². The molecule has 0 heterocycles. The van der Waals surface area contributed by atoms with Crippen LogP contribution < -0.4 is 4.74 Å². The van der Waals surface area contributed by atoms with Crippen LogP contribution in [0, 0.1) is 11.6 Å². The third-order valence-electron chi connectivity index (χ3n) is 2.71. The minimum atomic E-state index is -1.32. The number of ether oxygens (including phenoxy) is 1. The lowest BCUT2D eigenvalue weighted by Crippen LogP contribution is -2.04. The van der Waals surface area contributed by atoms with E-state index in [4.69, 9.17) is 16.3 Å². The summed E-state index contributed by atoms with van der Waals surface area (Å²) in [5.74, 6) is -1.26. The van der Waals surface area contributed by atoms with Crippen LogP contribution in [0.25, 0.3) is 0 Å². The number of aliphatic hydroxyl groups is 1. The Kier molecular flexibility index (Phi) is 4.02. The number of methoxy groups -OCH3 is 1. The molecule has 0 aromatic heterocycles. The van der Waals surface area contributed by atoms with Gasteiger partial charge in [0.15, 0.2) is 11.6 Å². The second-order valence-electron chi connectivity index (χ2n) is 3.97. The summed E-state index contributed by atoms with van der Waals surface area (Å²) < 4.78 is 32.1. The lowest BCUT2D eigenvalue weighted by molar-refractivity contribution is 0.213. The van der Waals surface area contributed by atoms with Crippen LogP contribution in [0.15, 0.2) is 36.4 Å². The van der Waals surface area contributed by atoms with E-state index in [1.165, 1.54) is 25.3 Å². The quantitative estimate of drug-likeness (QED) is 0.931. The molecule has 0 saturated heterocycles. The van der Waals surface area contributed by atoms with Crippen LogP contribution >= 0.6 is 11.6 Å². The van der Waals surface area contributed by atoms with E-state index in [1.807, 2.05) is 0 Å². The Balaban J connectivity index is 2.46. The van der Waals surface area contributed by atoms with E-state index in [9.17, 15) is 13.9 Å². The van der Waals surface area contributed by atoms with E-state index in [2.05, 4.69) is 0 Å². The molecule has 100 valence electrons. The predicted molar refractivity (Wildman–Crippen MR) is 68.4 cm³/mol. The van der Waals surface area contributed by atoms with Crippen molar-refractivity contribution in [2.24, 2.45) is 0 Å². The molecule has 19 heavy (non-hydrogen) atoms. The standard InChI is InChI=1S/C14H11ClF2O2/c1-19-12-4-2-3-11(13(12)17)14(18)8-5-9(15)7-10(16)6-8/h2-7,14,18H,1H3. The largest absolute Gasteiger partial charge is 0.494 e. The van der Waals surface area contributed by atoms with E-state index < -0.39 is 17.7 Å². The van der Waals surface area contributed by atoms with Crippen molar-refractivity contribution in [3.05, 3.63) is 64.2 Å². The van der Waals surface area contributed by atoms with E-state index >= 15 is 0 Å². The maximum Gasteiger partial charge on any atom is 0.171 e. The van der Waals surface area contributed by atoms with Gasteiger partial charge in [-0.1, -0.05) is 23.7 Å². The zero-order valence-electron chi connectivity index (χ0n) is 10.0. The van der Waals surface area contributed by atoms with Crippen LogP contribution in [-0.4, -0.2) is 12.2 Å². The normalized spacial score (nSPS) is 12.3. The Morgan fingerprint density at radius 1 is 1.21 bits per heavy atom. The van der Waals surface area contributed by atoms with Crippen molar-refractivity contribution >= 4 is 11.6 Å².